The van der Waals surface area contributed by atoms with Gasteiger partial charge in [0.2, 0.25) is 5.89 Å². The average Bonchev–Trinajstić information content (AvgIpc) is 3.06. The fourth-order valence-electron chi connectivity index (χ4n) is 2.74. The summed E-state index contributed by atoms with van der Waals surface area (Å²) < 4.78 is 16.4. The Balaban J connectivity index is 1.70. The zero-order chi connectivity index (χ0) is 20.1. The summed E-state index contributed by atoms with van der Waals surface area (Å²) in [5.41, 5.74) is 3.16. The van der Waals surface area contributed by atoms with Crippen molar-refractivity contribution in [3.05, 3.63) is 59.5 Å². The second-order valence-corrected chi connectivity index (χ2v) is 6.27. The molecule has 2 aromatic carbocycles. The van der Waals surface area contributed by atoms with E-state index < -0.39 is 0 Å². The fourth-order valence-corrected chi connectivity index (χ4v) is 2.74. The summed E-state index contributed by atoms with van der Waals surface area (Å²) in [6.07, 6.45) is 0. The van der Waals surface area contributed by atoms with Crippen LogP contribution < -0.4 is 20.1 Å². The minimum atomic E-state index is -0.309. The Labute approximate surface area is 163 Å². The van der Waals surface area contributed by atoms with Crippen LogP contribution in [0, 0.1) is 13.8 Å². The number of carbonyl (C=O) groups is 1. The van der Waals surface area contributed by atoms with Crippen LogP contribution in [0.1, 0.15) is 17.0 Å². The van der Waals surface area contributed by atoms with Crippen molar-refractivity contribution in [3.8, 4) is 23.0 Å². The maximum Gasteiger partial charge on any atom is 0.319 e. The molecule has 7 nitrogen and oxygen atoms in total. The number of hydrogen-bond donors (Lipinski definition) is 2. The van der Waals surface area contributed by atoms with Crippen LogP contribution in [0.4, 0.5) is 10.5 Å². The van der Waals surface area contributed by atoms with Crippen molar-refractivity contribution in [2.45, 2.75) is 20.4 Å². The molecule has 1 aromatic heterocycles. The molecule has 2 amide bonds. The lowest BCUT2D eigenvalue weighted by atomic mass is 10.2. The van der Waals surface area contributed by atoms with Gasteiger partial charge in [0.05, 0.1) is 26.3 Å². The van der Waals surface area contributed by atoms with E-state index in [-0.39, 0.29) is 12.6 Å². The largest absolute Gasteiger partial charge is 0.497 e. The Kier molecular flexibility index (Phi) is 5.84. The van der Waals surface area contributed by atoms with Gasteiger partial charge in [0.15, 0.2) is 0 Å². The van der Waals surface area contributed by atoms with Crippen LogP contribution in [0.5, 0.6) is 11.5 Å². The number of rotatable bonds is 6. The summed E-state index contributed by atoms with van der Waals surface area (Å²) in [7, 11) is 3.17. The zero-order valence-corrected chi connectivity index (χ0v) is 16.3. The Morgan fingerprint density at radius 2 is 1.93 bits per heavy atom. The van der Waals surface area contributed by atoms with Gasteiger partial charge in [-0.2, -0.15) is 0 Å². The predicted octanol–water partition coefficient (Wildman–Crippen LogP) is 4.30. The molecule has 0 saturated carbocycles. The van der Waals surface area contributed by atoms with E-state index in [4.69, 9.17) is 13.9 Å². The lowest BCUT2D eigenvalue weighted by Gasteiger charge is -2.07. The Morgan fingerprint density at radius 3 is 2.64 bits per heavy atom. The van der Waals surface area contributed by atoms with Crippen LogP contribution in [0.3, 0.4) is 0 Å². The van der Waals surface area contributed by atoms with E-state index in [1.165, 1.54) is 0 Å². The summed E-state index contributed by atoms with van der Waals surface area (Å²) in [5, 5.41) is 5.60. The molecule has 0 atom stereocenters. The van der Waals surface area contributed by atoms with Crippen molar-refractivity contribution in [1.82, 2.24) is 10.3 Å². The van der Waals surface area contributed by atoms with Gasteiger partial charge in [-0.05, 0) is 43.7 Å². The predicted molar refractivity (Wildman–Crippen MR) is 107 cm³/mol. The molecule has 3 rings (SSSR count). The van der Waals surface area contributed by atoms with Gasteiger partial charge in [0.1, 0.15) is 23.0 Å². The van der Waals surface area contributed by atoms with E-state index in [2.05, 4.69) is 15.6 Å². The third-order valence-electron chi connectivity index (χ3n) is 4.22. The highest BCUT2D eigenvalue weighted by molar-refractivity contribution is 5.89. The number of benzene rings is 2. The first-order valence-electron chi connectivity index (χ1n) is 8.80. The molecule has 146 valence electrons. The summed E-state index contributed by atoms with van der Waals surface area (Å²) in [6.45, 7) is 4.02. The second kappa shape index (κ2) is 8.47. The molecule has 0 spiro atoms. The summed E-state index contributed by atoms with van der Waals surface area (Å²) in [5.74, 6) is 2.33. The van der Waals surface area contributed by atoms with Crippen LogP contribution >= 0.6 is 0 Å². The van der Waals surface area contributed by atoms with Gasteiger partial charge in [-0.15, -0.1) is 0 Å². The van der Waals surface area contributed by atoms with Crippen molar-refractivity contribution in [1.29, 1.82) is 0 Å². The van der Waals surface area contributed by atoms with Crippen molar-refractivity contribution >= 4 is 11.7 Å². The van der Waals surface area contributed by atoms with E-state index >= 15 is 0 Å². The van der Waals surface area contributed by atoms with Crippen molar-refractivity contribution in [3.63, 3.8) is 0 Å². The maximum atomic E-state index is 12.1. The Morgan fingerprint density at radius 1 is 1.11 bits per heavy atom. The number of aromatic nitrogens is 1. The second-order valence-electron chi connectivity index (χ2n) is 6.27. The van der Waals surface area contributed by atoms with Gasteiger partial charge in [0.25, 0.3) is 0 Å². The highest BCUT2D eigenvalue weighted by Gasteiger charge is 2.16. The first-order chi connectivity index (χ1) is 13.5. The summed E-state index contributed by atoms with van der Waals surface area (Å²) in [6, 6.07) is 12.7. The maximum absolute atomic E-state index is 12.1. The number of ether oxygens (including phenoxy) is 2. The van der Waals surface area contributed by atoms with Gasteiger partial charge in [-0.25, -0.2) is 9.78 Å². The number of hydrogen-bond acceptors (Lipinski definition) is 5. The first-order valence-corrected chi connectivity index (χ1v) is 8.80. The number of amides is 2. The van der Waals surface area contributed by atoms with E-state index in [1.54, 1.807) is 20.3 Å². The van der Waals surface area contributed by atoms with Crippen molar-refractivity contribution in [2.75, 3.05) is 19.5 Å². The number of aryl methyl sites for hydroxylation is 2. The molecular formula is C21H23N3O4. The smallest absolute Gasteiger partial charge is 0.319 e. The number of nitrogens with one attached hydrogen (secondary N) is 2. The van der Waals surface area contributed by atoms with Gasteiger partial charge >= 0.3 is 6.03 Å². The van der Waals surface area contributed by atoms with Crippen LogP contribution in [0.2, 0.25) is 0 Å². The van der Waals surface area contributed by atoms with E-state index in [1.807, 2.05) is 50.2 Å². The summed E-state index contributed by atoms with van der Waals surface area (Å²) >= 11 is 0. The normalized spacial score (nSPS) is 10.4. The lowest BCUT2D eigenvalue weighted by molar-refractivity contribution is 0.251. The molecule has 0 radical (unpaired) electrons. The number of nitrogens with zero attached hydrogens (tertiary/aromatic N) is 1. The monoisotopic (exact) mass is 381 g/mol. The van der Waals surface area contributed by atoms with Gasteiger partial charge in [-0.1, -0.05) is 12.1 Å². The minimum Gasteiger partial charge on any atom is -0.497 e. The molecule has 0 aliphatic rings. The molecule has 0 bridgehead atoms. The highest BCUT2D eigenvalue weighted by Crippen LogP contribution is 2.33. The molecule has 0 aliphatic heterocycles. The first kappa shape index (κ1) is 19.3. The molecule has 2 N–H and O–H groups in total. The molecule has 1 heterocycles. The van der Waals surface area contributed by atoms with Crippen LogP contribution in [-0.4, -0.2) is 25.2 Å². The molecule has 0 unspecified atom stereocenters. The highest BCUT2D eigenvalue weighted by atomic mass is 16.5. The van der Waals surface area contributed by atoms with Gasteiger partial charge in [-0.3, -0.25) is 0 Å². The van der Waals surface area contributed by atoms with E-state index in [0.717, 1.165) is 11.3 Å². The average molecular weight is 381 g/mol. The molecule has 0 fully saturated rings. The molecular weight excluding hydrogens is 358 g/mol. The topological polar surface area (TPSA) is 85.6 Å². The Bertz CT molecular complexity index is 982. The number of urea groups is 1. The van der Waals surface area contributed by atoms with Crippen LogP contribution in [0.25, 0.3) is 11.5 Å². The minimum absolute atomic E-state index is 0.242. The van der Waals surface area contributed by atoms with Gasteiger partial charge < -0.3 is 24.5 Å². The van der Waals surface area contributed by atoms with Gasteiger partial charge in [0, 0.05) is 11.8 Å². The van der Waals surface area contributed by atoms with Crippen LogP contribution in [-0.2, 0) is 6.54 Å². The fraction of sp³-hybridized carbons (Fsp3) is 0.238. The van der Waals surface area contributed by atoms with E-state index in [9.17, 15) is 4.79 Å². The third-order valence-corrected chi connectivity index (χ3v) is 4.22. The van der Waals surface area contributed by atoms with Crippen LogP contribution in [0.15, 0.2) is 46.9 Å². The Hall–Kier alpha value is -3.48. The standard InChI is InChI=1S/C21H23N3O4/c1-13-6-5-7-15(10-13)23-21(25)22-12-18-14(2)28-20(24-18)17-9-8-16(26-3)11-19(17)27-4/h5-11H,12H2,1-4H3,(H2,22,23,25). The van der Waals surface area contributed by atoms with E-state index in [0.29, 0.717) is 34.4 Å². The lowest BCUT2D eigenvalue weighted by Crippen LogP contribution is -2.28. The molecule has 0 aliphatic carbocycles. The summed E-state index contributed by atoms with van der Waals surface area (Å²) in [4.78, 5) is 16.6. The number of anilines is 1. The third kappa shape index (κ3) is 4.43. The van der Waals surface area contributed by atoms with Crippen molar-refractivity contribution in [2.24, 2.45) is 0 Å². The SMILES string of the molecule is COc1ccc(-c2nc(CNC(=O)Nc3cccc(C)c3)c(C)o2)c(OC)c1. The quantitative estimate of drug-likeness (QED) is 0.665. The number of methoxy groups -OCH3 is 2. The van der Waals surface area contributed by atoms with Crippen molar-refractivity contribution < 1.29 is 18.7 Å². The zero-order valence-electron chi connectivity index (χ0n) is 16.3. The molecule has 0 saturated heterocycles. The molecule has 3 aromatic rings. The molecule has 7 heteroatoms. The molecule has 28 heavy (non-hydrogen) atoms. The number of oxazole rings is 1. The number of carbonyl (C=O) groups excluding carboxylic acids is 1.